The Bertz CT molecular complexity index is 146. The molecule has 0 N–H and O–H groups in total. The van der Waals surface area contributed by atoms with Crippen molar-refractivity contribution in [3.8, 4) is 0 Å². The first kappa shape index (κ1) is 8.71. The average Bonchev–Trinajstić information content (AvgIpc) is 1.90. The van der Waals surface area contributed by atoms with Crippen LogP contribution in [0.3, 0.4) is 0 Å². The van der Waals surface area contributed by atoms with E-state index in [4.69, 9.17) is 0 Å². The average molecular weight is 171 g/mol. The number of benzene rings is 1. The summed E-state index contributed by atoms with van der Waals surface area (Å²) in [5.41, 5.74) is 1.28. The van der Waals surface area contributed by atoms with Crippen LogP contribution in [0.2, 0.25) is 0 Å². The van der Waals surface area contributed by atoms with Gasteiger partial charge >= 0.3 is 0 Å². The molecule has 0 fully saturated rings. The van der Waals surface area contributed by atoms with Gasteiger partial charge in [0.1, 0.15) is 0 Å². The van der Waals surface area contributed by atoms with Gasteiger partial charge in [0.05, 0.1) is 0 Å². The first-order chi connectivity index (χ1) is 3.93. The molecule has 0 aliphatic heterocycles. The van der Waals surface area contributed by atoms with Crippen molar-refractivity contribution in [2.75, 3.05) is 0 Å². The summed E-state index contributed by atoms with van der Waals surface area (Å²) in [5, 5.41) is 0. The first-order valence-corrected chi connectivity index (χ1v) is 2.78. The van der Waals surface area contributed by atoms with Gasteiger partial charge in [-0.15, -0.1) is 12.1 Å². The molecule has 44 valence electrons. The molecule has 0 aliphatic carbocycles. The molecule has 0 radical (unpaired) electrons. The van der Waals surface area contributed by atoms with Crippen LogP contribution in [-0.2, 0) is 19.5 Å². The van der Waals surface area contributed by atoms with Crippen molar-refractivity contribution in [3.05, 3.63) is 42.3 Å². The predicted octanol–water partition coefficient (Wildman–Crippen LogP) is 2.26. The Hall–Kier alpha value is -0.287. The Morgan fingerprint density at radius 1 is 1.11 bits per heavy atom. The zero-order chi connectivity index (χ0) is 5.82. The van der Waals surface area contributed by atoms with E-state index in [9.17, 15) is 0 Å². The molecule has 0 unspecified atom stereocenters. The topological polar surface area (TPSA) is 0 Å². The van der Waals surface area contributed by atoms with Gasteiger partial charge in [-0.05, 0) is 0 Å². The van der Waals surface area contributed by atoms with Gasteiger partial charge in [0.25, 0.3) is 0 Å². The van der Waals surface area contributed by atoms with E-state index in [0.717, 1.165) is 0 Å². The molecule has 0 atom stereocenters. The fraction of sp³-hybridized carbons (Fsp3) is 0.125. The molecule has 9 heavy (non-hydrogen) atoms. The third-order valence-corrected chi connectivity index (χ3v) is 1.13. The third-order valence-electron chi connectivity index (χ3n) is 1.13. The fourth-order valence-electron chi connectivity index (χ4n) is 0.645. The molecule has 0 amide bonds. The molecule has 0 saturated carbocycles. The van der Waals surface area contributed by atoms with Crippen LogP contribution in [-0.4, -0.2) is 0 Å². The maximum absolute atomic E-state index is 2.08. The molecule has 1 rings (SSSR count). The Morgan fingerprint density at radius 3 is 2.00 bits per heavy atom. The summed E-state index contributed by atoms with van der Waals surface area (Å²) >= 11 is 0. The van der Waals surface area contributed by atoms with Crippen LogP contribution < -0.4 is 0 Å². The van der Waals surface area contributed by atoms with Crippen molar-refractivity contribution >= 4 is 0 Å². The summed E-state index contributed by atoms with van der Waals surface area (Å²) < 4.78 is 0. The van der Waals surface area contributed by atoms with Crippen LogP contribution >= 0.6 is 0 Å². The van der Waals surface area contributed by atoms with E-state index < -0.39 is 0 Å². The Kier molecular flexibility index (Phi) is 4.43. The van der Waals surface area contributed by atoms with Gasteiger partial charge in [-0.1, -0.05) is 13.0 Å². The van der Waals surface area contributed by atoms with E-state index in [-0.39, 0.29) is 19.5 Å². The van der Waals surface area contributed by atoms with Crippen molar-refractivity contribution in [1.82, 2.24) is 0 Å². The SMILES string of the molecule is C[CH-]c1ccccc1.[Zn]. The molecule has 0 nitrogen and oxygen atoms in total. The van der Waals surface area contributed by atoms with Crippen molar-refractivity contribution in [2.45, 2.75) is 6.92 Å². The first-order valence-electron chi connectivity index (χ1n) is 2.78. The maximum atomic E-state index is 2.08. The monoisotopic (exact) mass is 169 g/mol. The van der Waals surface area contributed by atoms with Crippen LogP contribution in [0, 0.1) is 6.42 Å². The summed E-state index contributed by atoms with van der Waals surface area (Å²) in [6, 6.07) is 10.3. The molecule has 1 heteroatoms. The Labute approximate surface area is 69.0 Å². The fourth-order valence-corrected chi connectivity index (χ4v) is 0.645. The summed E-state index contributed by atoms with van der Waals surface area (Å²) in [7, 11) is 0. The quantitative estimate of drug-likeness (QED) is 0.448. The van der Waals surface area contributed by atoms with E-state index in [1.165, 1.54) is 5.56 Å². The molecule has 0 aliphatic rings. The van der Waals surface area contributed by atoms with Gasteiger partial charge in [-0.25, -0.2) is 0 Å². The zero-order valence-corrected chi connectivity index (χ0v) is 8.64. The van der Waals surface area contributed by atoms with Gasteiger partial charge < -0.3 is 0 Å². The largest absolute Gasteiger partial charge is 0.192 e. The van der Waals surface area contributed by atoms with E-state index >= 15 is 0 Å². The van der Waals surface area contributed by atoms with E-state index in [1.54, 1.807) is 0 Å². The van der Waals surface area contributed by atoms with Gasteiger partial charge in [0, 0.05) is 19.5 Å². The zero-order valence-electron chi connectivity index (χ0n) is 5.67. The second-order valence-electron chi connectivity index (χ2n) is 1.70. The van der Waals surface area contributed by atoms with Crippen molar-refractivity contribution in [1.29, 1.82) is 0 Å². The molecule has 0 spiro atoms. The van der Waals surface area contributed by atoms with Crippen molar-refractivity contribution < 1.29 is 19.5 Å². The minimum Gasteiger partial charge on any atom is -0.192 e. The molecule has 0 aromatic heterocycles. The van der Waals surface area contributed by atoms with Gasteiger partial charge in [0.2, 0.25) is 0 Å². The van der Waals surface area contributed by atoms with Gasteiger partial charge in [-0.2, -0.15) is 24.1 Å². The minimum atomic E-state index is 0. The molecular weight excluding hydrogens is 161 g/mol. The molecule has 0 saturated heterocycles. The van der Waals surface area contributed by atoms with Crippen LogP contribution in [0.5, 0.6) is 0 Å². The summed E-state index contributed by atoms with van der Waals surface area (Å²) in [4.78, 5) is 0. The van der Waals surface area contributed by atoms with Crippen molar-refractivity contribution in [3.63, 3.8) is 0 Å². The van der Waals surface area contributed by atoms with Crippen LogP contribution in [0.15, 0.2) is 30.3 Å². The van der Waals surface area contributed by atoms with Gasteiger partial charge in [-0.3, -0.25) is 0 Å². The third kappa shape index (κ3) is 2.67. The van der Waals surface area contributed by atoms with Crippen molar-refractivity contribution in [2.24, 2.45) is 0 Å². The summed E-state index contributed by atoms with van der Waals surface area (Å²) in [5.74, 6) is 0. The second kappa shape index (κ2) is 4.58. The molecule has 0 bridgehead atoms. The standard InChI is InChI=1S/C8H9.Zn/c1-2-8-6-4-3-5-7-8;/h2-7H,1H3;/q-1;. The number of hydrogen-bond donors (Lipinski definition) is 0. The van der Waals surface area contributed by atoms with Crippen LogP contribution in [0.4, 0.5) is 0 Å². The Balaban J connectivity index is 0.000000640. The molecule has 0 heterocycles. The molecule has 1 aromatic rings. The summed E-state index contributed by atoms with van der Waals surface area (Å²) in [6.45, 7) is 2.04. The number of rotatable bonds is 1. The van der Waals surface area contributed by atoms with E-state index in [1.807, 2.05) is 25.1 Å². The smallest absolute Gasteiger partial charge is 0 e. The maximum Gasteiger partial charge on any atom is 0 e. The van der Waals surface area contributed by atoms with Crippen LogP contribution in [0.25, 0.3) is 0 Å². The van der Waals surface area contributed by atoms with Crippen LogP contribution in [0.1, 0.15) is 12.5 Å². The normalized spacial score (nSPS) is 7.67. The van der Waals surface area contributed by atoms with Gasteiger partial charge in [0.15, 0.2) is 0 Å². The predicted molar refractivity (Wildman–Crippen MR) is 35.5 cm³/mol. The molecular formula is C8H9Zn-. The molecule has 1 aromatic carbocycles. The Morgan fingerprint density at radius 2 is 1.67 bits per heavy atom. The second-order valence-corrected chi connectivity index (χ2v) is 1.70. The van der Waals surface area contributed by atoms with E-state index in [2.05, 4.69) is 18.6 Å². The number of hydrogen-bond acceptors (Lipinski definition) is 0. The summed E-state index contributed by atoms with van der Waals surface area (Å²) in [6.07, 6.45) is 2.08. The minimum absolute atomic E-state index is 0. The van der Waals surface area contributed by atoms with E-state index in [0.29, 0.717) is 0 Å².